The predicted octanol–water partition coefficient (Wildman–Crippen LogP) is 2.28. The van der Waals surface area contributed by atoms with Crippen molar-refractivity contribution in [3.05, 3.63) is 67.4 Å². The Balaban J connectivity index is 1.53. The highest BCUT2D eigenvalue weighted by atomic mass is 35.5. The van der Waals surface area contributed by atoms with Gasteiger partial charge in [-0.05, 0) is 42.8 Å². The third-order valence-corrected chi connectivity index (χ3v) is 5.92. The number of aromatic nitrogens is 3. The molecule has 9 heteroatoms. The largest absolute Gasteiger partial charge is 0.490 e. The van der Waals surface area contributed by atoms with E-state index >= 15 is 0 Å². The molecule has 1 saturated heterocycles. The van der Waals surface area contributed by atoms with Gasteiger partial charge in [-0.1, -0.05) is 11.6 Å². The number of ether oxygens (including phenoxy) is 1. The fraction of sp³-hybridized carbons (Fsp3) is 0.364. The van der Waals surface area contributed by atoms with E-state index in [1.807, 2.05) is 12.1 Å². The number of halogens is 1. The van der Waals surface area contributed by atoms with E-state index in [1.54, 1.807) is 37.1 Å². The van der Waals surface area contributed by atoms with Crippen LogP contribution < -0.4 is 16.0 Å². The lowest BCUT2D eigenvalue weighted by molar-refractivity contribution is 0.0590. The van der Waals surface area contributed by atoms with Crippen LogP contribution in [-0.4, -0.2) is 44.1 Å². The van der Waals surface area contributed by atoms with Crippen LogP contribution in [0.2, 0.25) is 5.02 Å². The van der Waals surface area contributed by atoms with Crippen LogP contribution in [0.5, 0.6) is 5.75 Å². The van der Waals surface area contributed by atoms with Crippen LogP contribution in [0.15, 0.2) is 39.9 Å². The minimum Gasteiger partial charge on any atom is -0.490 e. The number of fused-ring (bicyclic) bond motifs is 1. The number of carbonyl (C=O) groups excluding carboxylic acids is 1. The smallest absolute Gasteiger partial charge is 0.332 e. The summed E-state index contributed by atoms with van der Waals surface area (Å²) in [6.45, 7) is 2.82. The molecule has 3 heterocycles. The van der Waals surface area contributed by atoms with Crippen LogP contribution in [0, 0.1) is 6.92 Å². The van der Waals surface area contributed by atoms with Gasteiger partial charge >= 0.3 is 5.69 Å². The van der Waals surface area contributed by atoms with Crippen LogP contribution in [0.4, 0.5) is 0 Å². The molecule has 8 nitrogen and oxygen atoms in total. The Morgan fingerprint density at radius 1 is 1.10 bits per heavy atom. The van der Waals surface area contributed by atoms with E-state index in [1.165, 1.54) is 11.6 Å². The molecule has 1 aliphatic heterocycles. The molecule has 1 aliphatic rings. The Hall–Kier alpha value is -3.13. The molecule has 0 spiro atoms. The quantitative estimate of drug-likeness (QED) is 0.621. The molecule has 0 N–H and O–H groups in total. The Bertz CT molecular complexity index is 1270. The Kier molecular flexibility index (Phi) is 5.58. The molecule has 0 unspecified atom stereocenters. The number of likely N-dealkylation sites (tertiary alicyclic amines) is 1. The third kappa shape index (κ3) is 3.95. The maximum absolute atomic E-state index is 13.1. The van der Waals surface area contributed by atoms with E-state index in [0.717, 1.165) is 10.3 Å². The number of nitrogens with zero attached hydrogens (tertiary/aromatic N) is 4. The van der Waals surface area contributed by atoms with Crippen molar-refractivity contribution in [3.63, 3.8) is 0 Å². The zero-order valence-electron chi connectivity index (χ0n) is 17.6. The number of piperidine rings is 1. The van der Waals surface area contributed by atoms with Crippen LogP contribution in [0.3, 0.4) is 0 Å². The van der Waals surface area contributed by atoms with Crippen molar-refractivity contribution in [3.8, 4) is 5.75 Å². The number of amides is 1. The van der Waals surface area contributed by atoms with Gasteiger partial charge in [-0.15, -0.1) is 0 Å². The maximum atomic E-state index is 13.1. The number of aryl methyl sites for hydroxylation is 2. The first-order valence-electron chi connectivity index (χ1n) is 10.0. The highest BCUT2D eigenvalue weighted by molar-refractivity contribution is 6.30. The number of rotatable bonds is 3. The summed E-state index contributed by atoms with van der Waals surface area (Å²) in [6.07, 6.45) is 1.40. The van der Waals surface area contributed by atoms with Gasteiger partial charge in [-0.25, -0.2) is 9.78 Å². The van der Waals surface area contributed by atoms with Gasteiger partial charge in [0.25, 0.3) is 11.5 Å². The van der Waals surface area contributed by atoms with E-state index in [9.17, 15) is 14.4 Å². The fourth-order valence-electron chi connectivity index (χ4n) is 3.89. The second-order valence-electron chi connectivity index (χ2n) is 7.79. The lowest BCUT2D eigenvalue weighted by Gasteiger charge is -2.32. The topological polar surface area (TPSA) is 86.4 Å². The second-order valence-corrected chi connectivity index (χ2v) is 8.23. The van der Waals surface area contributed by atoms with E-state index in [0.29, 0.717) is 41.9 Å². The molecule has 3 aromatic rings. The van der Waals surface area contributed by atoms with Gasteiger partial charge in [0.05, 0.1) is 5.39 Å². The number of hydrogen-bond donors (Lipinski definition) is 0. The maximum Gasteiger partial charge on any atom is 0.332 e. The van der Waals surface area contributed by atoms with Crippen molar-refractivity contribution in [1.82, 2.24) is 19.0 Å². The molecule has 1 fully saturated rings. The second kappa shape index (κ2) is 8.19. The fourth-order valence-corrected chi connectivity index (χ4v) is 4.01. The van der Waals surface area contributed by atoms with Crippen molar-refractivity contribution in [2.75, 3.05) is 13.1 Å². The minimum absolute atomic E-state index is 0.0142. The number of hydrogen-bond acceptors (Lipinski definition) is 5. The normalized spacial score (nSPS) is 14.8. The SMILES string of the molecule is Cc1cc(C(=O)N2CCC(Oc3ccc(Cl)cc3)CC2)nc2c1c(=O)n(C)c(=O)n2C. The summed E-state index contributed by atoms with van der Waals surface area (Å²) in [4.78, 5) is 44.0. The number of benzene rings is 1. The van der Waals surface area contributed by atoms with E-state index in [-0.39, 0.29) is 23.4 Å². The third-order valence-electron chi connectivity index (χ3n) is 5.67. The molecule has 0 radical (unpaired) electrons. The summed E-state index contributed by atoms with van der Waals surface area (Å²) in [5, 5.41) is 0.998. The Morgan fingerprint density at radius 3 is 2.39 bits per heavy atom. The first kappa shape index (κ1) is 21.1. The summed E-state index contributed by atoms with van der Waals surface area (Å²) in [5.41, 5.74) is 0.171. The first-order chi connectivity index (χ1) is 14.8. The monoisotopic (exact) mass is 442 g/mol. The summed E-state index contributed by atoms with van der Waals surface area (Å²) >= 11 is 5.91. The highest BCUT2D eigenvalue weighted by Crippen LogP contribution is 2.22. The van der Waals surface area contributed by atoms with Crippen LogP contribution in [0.25, 0.3) is 11.0 Å². The zero-order valence-corrected chi connectivity index (χ0v) is 18.3. The van der Waals surface area contributed by atoms with Gasteiger partial charge in [-0.2, -0.15) is 0 Å². The van der Waals surface area contributed by atoms with E-state index in [2.05, 4.69) is 4.98 Å². The van der Waals surface area contributed by atoms with Gasteiger partial charge in [0, 0.05) is 45.0 Å². The molecule has 4 rings (SSSR count). The van der Waals surface area contributed by atoms with Crippen molar-refractivity contribution in [1.29, 1.82) is 0 Å². The van der Waals surface area contributed by atoms with Crippen molar-refractivity contribution in [2.24, 2.45) is 14.1 Å². The highest BCUT2D eigenvalue weighted by Gasteiger charge is 2.26. The van der Waals surface area contributed by atoms with E-state index in [4.69, 9.17) is 16.3 Å². The van der Waals surface area contributed by atoms with Crippen LogP contribution in [0.1, 0.15) is 28.9 Å². The van der Waals surface area contributed by atoms with Crippen LogP contribution >= 0.6 is 11.6 Å². The van der Waals surface area contributed by atoms with Crippen molar-refractivity contribution in [2.45, 2.75) is 25.9 Å². The average Bonchev–Trinajstić information content (AvgIpc) is 2.77. The molecule has 1 aromatic carbocycles. The number of carbonyl (C=O) groups is 1. The van der Waals surface area contributed by atoms with Gasteiger partial charge in [-0.3, -0.25) is 18.7 Å². The summed E-state index contributed by atoms with van der Waals surface area (Å²) in [7, 11) is 2.98. The summed E-state index contributed by atoms with van der Waals surface area (Å²) in [5.74, 6) is 0.534. The zero-order chi connectivity index (χ0) is 22.3. The van der Waals surface area contributed by atoms with Crippen LogP contribution in [-0.2, 0) is 14.1 Å². The molecule has 0 aliphatic carbocycles. The van der Waals surface area contributed by atoms with E-state index < -0.39 is 11.2 Å². The van der Waals surface area contributed by atoms with Gasteiger partial charge in [0.15, 0.2) is 0 Å². The molecule has 0 bridgehead atoms. The molecule has 0 atom stereocenters. The average molecular weight is 443 g/mol. The summed E-state index contributed by atoms with van der Waals surface area (Å²) < 4.78 is 8.33. The lowest BCUT2D eigenvalue weighted by atomic mass is 10.1. The standard InChI is InChI=1S/C22H23ClN4O4/c1-13-12-17(24-19-18(13)21(29)26(3)22(30)25(19)2)20(28)27-10-8-16(9-11-27)31-15-6-4-14(23)5-7-15/h4-7,12,16H,8-11H2,1-3H3. The Labute approximate surface area is 183 Å². The van der Waals surface area contributed by atoms with Gasteiger partial charge < -0.3 is 9.64 Å². The Morgan fingerprint density at radius 2 is 1.74 bits per heavy atom. The molecule has 1 amide bonds. The number of pyridine rings is 1. The molecule has 2 aromatic heterocycles. The molecule has 0 saturated carbocycles. The molecular formula is C22H23ClN4O4. The van der Waals surface area contributed by atoms with Crippen molar-refractivity contribution >= 4 is 28.5 Å². The first-order valence-corrected chi connectivity index (χ1v) is 10.4. The molecule has 162 valence electrons. The molecule has 31 heavy (non-hydrogen) atoms. The van der Waals surface area contributed by atoms with Gasteiger partial charge in [0.2, 0.25) is 0 Å². The summed E-state index contributed by atoms with van der Waals surface area (Å²) in [6, 6.07) is 8.84. The lowest BCUT2D eigenvalue weighted by Crippen LogP contribution is -2.42. The predicted molar refractivity (Wildman–Crippen MR) is 118 cm³/mol. The van der Waals surface area contributed by atoms with Gasteiger partial charge in [0.1, 0.15) is 23.2 Å². The minimum atomic E-state index is -0.478. The molecular weight excluding hydrogens is 420 g/mol. The van der Waals surface area contributed by atoms with Crippen molar-refractivity contribution < 1.29 is 9.53 Å².